The summed E-state index contributed by atoms with van der Waals surface area (Å²) in [6.07, 6.45) is 8.92. The van der Waals surface area contributed by atoms with Crippen molar-refractivity contribution in [2.24, 2.45) is 5.92 Å². The van der Waals surface area contributed by atoms with Crippen molar-refractivity contribution in [3.8, 4) is 5.75 Å². The van der Waals surface area contributed by atoms with Crippen molar-refractivity contribution in [1.82, 2.24) is 5.32 Å². The number of Topliss-reactive ketones (excluding diaryl/α,β-unsaturated/α-hetero) is 1. The number of hydrogen-bond acceptors (Lipinski definition) is 6. The van der Waals surface area contributed by atoms with Crippen molar-refractivity contribution < 1.29 is 24.5 Å². The van der Waals surface area contributed by atoms with Gasteiger partial charge in [0, 0.05) is 10.4 Å². The van der Waals surface area contributed by atoms with E-state index < -0.39 is 23.9 Å². The molecular weight excluding hydrogens is 414 g/mol. The summed E-state index contributed by atoms with van der Waals surface area (Å²) >= 11 is 1.27. The minimum Gasteiger partial charge on any atom is -0.497 e. The average molecular weight is 448 g/mol. The van der Waals surface area contributed by atoms with Gasteiger partial charge in [0.25, 0.3) is 0 Å². The van der Waals surface area contributed by atoms with E-state index >= 15 is 0 Å². The quantitative estimate of drug-likeness (QED) is 0.421. The number of carboxylic acids is 1. The first-order valence-corrected chi connectivity index (χ1v) is 11.6. The highest BCUT2D eigenvalue weighted by Crippen LogP contribution is 2.36. The van der Waals surface area contributed by atoms with Gasteiger partial charge in [0.2, 0.25) is 0 Å². The second kappa shape index (κ2) is 11.0. The number of aliphatic carboxylic acids is 1. The minimum atomic E-state index is -1.55. The Bertz CT molecular complexity index is 831. The molecule has 31 heavy (non-hydrogen) atoms. The molecule has 0 heterocycles. The molecule has 0 saturated heterocycles. The molecule has 7 heteroatoms. The van der Waals surface area contributed by atoms with Crippen LogP contribution in [0.3, 0.4) is 0 Å². The Kier molecular flexibility index (Phi) is 8.91. The molecule has 0 radical (unpaired) electrons. The molecular formula is C24H33NO5S. The SMILES string of the molecule is COc1ccc(CCCC(C)(C)NCC(=O)C2C=CC(O)(CC(=O)O)C(SC)=C2)cc1. The summed E-state index contributed by atoms with van der Waals surface area (Å²) < 4.78 is 5.18. The number of thioether (sulfide) groups is 1. The minimum absolute atomic E-state index is 0.0107. The predicted molar refractivity (Wildman–Crippen MR) is 124 cm³/mol. The van der Waals surface area contributed by atoms with Gasteiger partial charge < -0.3 is 20.3 Å². The van der Waals surface area contributed by atoms with Crippen LogP contribution in [0.1, 0.15) is 38.7 Å². The molecule has 6 nitrogen and oxygen atoms in total. The fourth-order valence-electron chi connectivity index (χ4n) is 3.59. The summed E-state index contributed by atoms with van der Waals surface area (Å²) in [6.45, 7) is 4.37. The Morgan fingerprint density at radius 1 is 1.26 bits per heavy atom. The molecule has 1 aliphatic rings. The monoisotopic (exact) mass is 447 g/mol. The summed E-state index contributed by atoms with van der Waals surface area (Å²) in [5, 5.41) is 23.0. The molecule has 2 unspecified atom stereocenters. The fourth-order valence-corrected chi connectivity index (χ4v) is 4.37. The number of methoxy groups -OCH3 is 1. The predicted octanol–water partition coefficient (Wildman–Crippen LogP) is 3.59. The molecule has 2 rings (SSSR count). The van der Waals surface area contributed by atoms with E-state index in [0.29, 0.717) is 4.91 Å². The van der Waals surface area contributed by atoms with Gasteiger partial charge in [-0.15, -0.1) is 11.8 Å². The van der Waals surface area contributed by atoms with Gasteiger partial charge >= 0.3 is 5.97 Å². The number of aryl methyl sites for hydroxylation is 1. The normalized spacial score (nSPS) is 20.9. The summed E-state index contributed by atoms with van der Waals surface area (Å²) in [6, 6.07) is 8.06. The van der Waals surface area contributed by atoms with Gasteiger partial charge in [0.1, 0.15) is 11.4 Å². The van der Waals surface area contributed by atoms with Gasteiger partial charge in [-0.05, 0) is 57.1 Å². The van der Waals surface area contributed by atoms with E-state index in [9.17, 15) is 14.7 Å². The van der Waals surface area contributed by atoms with Crippen molar-refractivity contribution in [2.45, 2.75) is 50.7 Å². The van der Waals surface area contributed by atoms with Crippen LogP contribution in [0.2, 0.25) is 0 Å². The van der Waals surface area contributed by atoms with Crippen LogP contribution >= 0.6 is 11.8 Å². The lowest BCUT2D eigenvalue weighted by Crippen LogP contribution is -2.44. The van der Waals surface area contributed by atoms with E-state index in [4.69, 9.17) is 9.84 Å². The van der Waals surface area contributed by atoms with Crippen LogP contribution in [0.5, 0.6) is 5.75 Å². The summed E-state index contributed by atoms with van der Waals surface area (Å²) in [5.74, 6) is -0.724. The molecule has 0 fully saturated rings. The van der Waals surface area contributed by atoms with Gasteiger partial charge in [0.05, 0.1) is 26.0 Å². The smallest absolute Gasteiger partial charge is 0.306 e. The largest absolute Gasteiger partial charge is 0.497 e. The molecule has 0 saturated carbocycles. The Morgan fingerprint density at radius 3 is 2.52 bits per heavy atom. The van der Waals surface area contributed by atoms with Crippen LogP contribution in [0.15, 0.2) is 47.4 Å². The molecule has 0 amide bonds. The maximum atomic E-state index is 12.7. The van der Waals surface area contributed by atoms with Crippen LogP contribution in [-0.4, -0.2) is 53.0 Å². The number of ether oxygens (including phenoxy) is 1. The first-order chi connectivity index (χ1) is 14.6. The highest BCUT2D eigenvalue weighted by Gasteiger charge is 2.35. The average Bonchev–Trinajstić information content (AvgIpc) is 2.72. The van der Waals surface area contributed by atoms with E-state index in [0.717, 1.165) is 25.0 Å². The number of rotatable bonds is 12. The summed E-state index contributed by atoms with van der Waals surface area (Å²) in [4.78, 5) is 24.3. The van der Waals surface area contributed by atoms with E-state index in [1.807, 2.05) is 12.1 Å². The van der Waals surface area contributed by atoms with E-state index in [2.05, 4.69) is 31.3 Å². The lowest BCUT2D eigenvalue weighted by molar-refractivity contribution is -0.139. The first kappa shape index (κ1) is 25.2. The van der Waals surface area contributed by atoms with Gasteiger partial charge in [0.15, 0.2) is 5.78 Å². The van der Waals surface area contributed by atoms with E-state index in [1.54, 1.807) is 25.5 Å². The lowest BCUT2D eigenvalue weighted by atomic mass is 9.87. The molecule has 3 N–H and O–H groups in total. The zero-order chi connectivity index (χ0) is 23.1. The number of benzene rings is 1. The Morgan fingerprint density at radius 2 is 1.94 bits per heavy atom. The van der Waals surface area contributed by atoms with Gasteiger partial charge in [-0.1, -0.05) is 30.4 Å². The number of aliphatic hydroxyl groups is 1. The van der Waals surface area contributed by atoms with E-state index in [1.165, 1.54) is 23.4 Å². The number of nitrogens with one attached hydrogen (secondary N) is 1. The van der Waals surface area contributed by atoms with Crippen LogP contribution < -0.4 is 10.1 Å². The Hall–Kier alpha value is -2.09. The Labute approximate surface area is 188 Å². The van der Waals surface area contributed by atoms with Crippen molar-refractivity contribution >= 4 is 23.5 Å². The molecule has 2 atom stereocenters. The summed E-state index contributed by atoms with van der Waals surface area (Å²) in [5.41, 5.74) is -0.490. The standard InChI is InChI=1S/C24H33NO5S/c1-23(2,12-5-6-17-7-9-19(30-3)10-8-17)25-16-20(26)18-11-13-24(29,15-22(27)28)21(14-18)31-4/h7-11,13-14,18,25,29H,5-6,12,15-16H2,1-4H3,(H,27,28). The zero-order valence-electron chi connectivity index (χ0n) is 18.7. The molecule has 1 aliphatic carbocycles. The van der Waals surface area contributed by atoms with Crippen LogP contribution in [-0.2, 0) is 16.0 Å². The molecule has 1 aromatic carbocycles. The molecule has 1 aromatic rings. The van der Waals surface area contributed by atoms with Gasteiger partial charge in [-0.3, -0.25) is 9.59 Å². The van der Waals surface area contributed by atoms with E-state index in [-0.39, 0.29) is 17.9 Å². The third-order valence-electron chi connectivity index (χ3n) is 5.52. The molecule has 0 aromatic heterocycles. The molecule has 0 aliphatic heterocycles. The number of carbonyl (C=O) groups is 2. The van der Waals surface area contributed by atoms with Crippen LogP contribution in [0.25, 0.3) is 0 Å². The van der Waals surface area contributed by atoms with Crippen LogP contribution in [0, 0.1) is 5.92 Å². The van der Waals surface area contributed by atoms with Gasteiger partial charge in [-0.25, -0.2) is 0 Å². The maximum absolute atomic E-state index is 12.7. The van der Waals surface area contributed by atoms with Crippen molar-refractivity contribution in [3.05, 3.63) is 53.0 Å². The van der Waals surface area contributed by atoms with Crippen molar-refractivity contribution in [1.29, 1.82) is 0 Å². The van der Waals surface area contributed by atoms with Gasteiger partial charge in [-0.2, -0.15) is 0 Å². The number of carboxylic acid groups (broad SMARTS) is 1. The van der Waals surface area contributed by atoms with Crippen molar-refractivity contribution in [3.63, 3.8) is 0 Å². The maximum Gasteiger partial charge on any atom is 0.306 e. The third kappa shape index (κ3) is 7.52. The number of hydrogen-bond donors (Lipinski definition) is 3. The highest BCUT2D eigenvalue weighted by molar-refractivity contribution is 8.02. The number of allylic oxidation sites excluding steroid dienone is 2. The third-order valence-corrected chi connectivity index (χ3v) is 6.45. The fraction of sp³-hybridized carbons (Fsp3) is 0.500. The second-order valence-corrected chi connectivity index (χ2v) is 9.37. The molecule has 0 spiro atoms. The molecule has 0 bridgehead atoms. The number of carbonyl (C=O) groups excluding carboxylic acids is 1. The lowest BCUT2D eigenvalue weighted by Gasteiger charge is -2.30. The first-order valence-electron chi connectivity index (χ1n) is 10.4. The second-order valence-electron chi connectivity index (χ2n) is 8.52. The van der Waals surface area contributed by atoms with Crippen LogP contribution in [0.4, 0.5) is 0 Å². The summed E-state index contributed by atoms with van der Waals surface area (Å²) in [7, 11) is 1.65. The van der Waals surface area contributed by atoms with Crippen molar-refractivity contribution in [2.75, 3.05) is 19.9 Å². The zero-order valence-corrected chi connectivity index (χ0v) is 19.5. The number of ketones is 1. The topological polar surface area (TPSA) is 95.9 Å². The molecule has 170 valence electrons. The highest BCUT2D eigenvalue weighted by atomic mass is 32.2. The Balaban J connectivity index is 1.85.